The minimum Gasteiger partial charge on any atom is -0.496 e. The van der Waals surface area contributed by atoms with Crippen molar-refractivity contribution in [3.8, 4) is 11.5 Å². The predicted octanol–water partition coefficient (Wildman–Crippen LogP) is 6.95. The number of alkyl halides is 3. The smallest absolute Gasteiger partial charge is 0.496 e. The lowest BCUT2D eigenvalue weighted by molar-refractivity contribution is -0.274. The molecule has 10 heteroatoms. The van der Waals surface area contributed by atoms with Gasteiger partial charge in [0.1, 0.15) is 11.5 Å². The van der Waals surface area contributed by atoms with Crippen LogP contribution in [0.15, 0.2) is 36.4 Å². The number of nitrogens with zero attached hydrogens (tertiary/aromatic N) is 2. The number of rotatable bonds is 8. The summed E-state index contributed by atoms with van der Waals surface area (Å²) < 4.78 is 49.4. The molecule has 1 fully saturated rings. The van der Waals surface area contributed by atoms with Crippen LogP contribution in [0.3, 0.4) is 0 Å². The Balaban J connectivity index is 1.81. The van der Waals surface area contributed by atoms with Crippen LogP contribution in [0.5, 0.6) is 11.5 Å². The van der Waals surface area contributed by atoms with Crippen LogP contribution in [0, 0.1) is 17.8 Å². The fourth-order valence-electron chi connectivity index (χ4n) is 5.40. The number of methoxy groups -OCH3 is 1. The standard InChI is InChI=1S/C27H32F3N3O4/c1-15(2)20-10-5-16(3)11-22(20)33-23-14-24(36-4)17(13-25(34)35)12-21(23)32-26(33)31-18-6-8-19(9-7-18)37-27(28,29)30/h6-9,12,14-16,20,22H,5,10-11,13H2,1-4H3,(H,31,32)(H,34,35)/t16-,20+,22-/m1/s1. The number of hydrogen-bond acceptors (Lipinski definition) is 5. The van der Waals surface area contributed by atoms with Gasteiger partial charge in [-0.05, 0) is 60.9 Å². The zero-order valence-electron chi connectivity index (χ0n) is 21.3. The maximum Gasteiger partial charge on any atom is 0.573 e. The number of carboxylic acid groups (broad SMARTS) is 1. The Kier molecular flexibility index (Phi) is 7.57. The van der Waals surface area contributed by atoms with Crippen LogP contribution in [0.25, 0.3) is 11.0 Å². The minimum absolute atomic E-state index is 0.124. The molecule has 0 bridgehead atoms. The summed E-state index contributed by atoms with van der Waals surface area (Å²) in [6, 6.07) is 9.20. The summed E-state index contributed by atoms with van der Waals surface area (Å²) in [7, 11) is 1.51. The predicted molar refractivity (Wildman–Crippen MR) is 134 cm³/mol. The number of fused-ring (bicyclic) bond motifs is 1. The van der Waals surface area contributed by atoms with E-state index < -0.39 is 12.3 Å². The number of carbonyl (C=O) groups is 1. The zero-order valence-corrected chi connectivity index (χ0v) is 21.3. The van der Waals surface area contributed by atoms with Gasteiger partial charge in [-0.3, -0.25) is 4.79 Å². The number of carboxylic acids is 1. The molecular weight excluding hydrogens is 487 g/mol. The second kappa shape index (κ2) is 10.5. The monoisotopic (exact) mass is 519 g/mol. The SMILES string of the molecule is COc1cc2c(cc1CC(=O)O)nc(Nc1ccc(OC(F)(F)F)cc1)n2[C@@H]1C[C@H](C)CC[C@H]1C(C)C. The Labute approximate surface area is 213 Å². The number of aromatic nitrogens is 2. The van der Waals surface area contributed by atoms with E-state index in [-0.39, 0.29) is 18.2 Å². The van der Waals surface area contributed by atoms with Crippen LogP contribution >= 0.6 is 0 Å². The van der Waals surface area contributed by atoms with Crippen molar-refractivity contribution in [2.24, 2.45) is 17.8 Å². The average molecular weight is 520 g/mol. The van der Waals surface area contributed by atoms with Crippen molar-refractivity contribution in [3.63, 3.8) is 0 Å². The molecule has 37 heavy (non-hydrogen) atoms. The number of imidazole rings is 1. The van der Waals surface area contributed by atoms with Gasteiger partial charge in [-0.1, -0.05) is 27.2 Å². The van der Waals surface area contributed by atoms with E-state index in [1.807, 2.05) is 6.07 Å². The Bertz CT molecular complexity index is 1250. The molecule has 0 aliphatic heterocycles. The molecule has 1 aliphatic rings. The van der Waals surface area contributed by atoms with E-state index in [4.69, 9.17) is 9.72 Å². The van der Waals surface area contributed by atoms with Gasteiger partial charge in [0.2, 0.25) is 5.95 Å². The van der Waals surface area contributed by atoms with E-state index in [1.54, 1.807) is 6.07 Å². The summed E-state index contributed by atoms with van der Waals surface area (Å²) in [5, 5.41) is 12.6. The van der Waals surface area contributed by atoms with Crippen molar-refractivity contribution >= 4 is 28.6 Å². The van der Waals surface area contributed by atoms with E-state index in [0.717, 1.165) is 24.8 Å². The Hall–Kier alpha value is -3.43. The molecule has 2 aromatic carbocycles. The third-order valence-electron chi connectivity index (χ3n) is 7.10. The molecule has 3 aromatic rings. The van der Waals surface area contributed by atoms with Gasteiger partial charge in [-0.15, -0.1) is 13.2 Å². The lowest BCUT2D eigenvalue weighted by atomic mass is 9.74. The van der Waals surface area contributed by atoms with Crippen LogP contribution in [0.4, 0.5) is 24.8 Å². The quantitative estimate of drug-likeness (QED) is 0.335. The first kappa shape index (κ1) is 26.6. The number of anilines is 2. The first-order chi connectivity index (χ1) is 17.4. The van der Waals surface area contributed by atoms with Gasteiger partial charge in [-0.25, -0.2) is 4.98 Å². The first-order valence-electron chi connectivity index (χ1n) is 12.4. The van der Waals surface area contributed by atoms with Gasteiger partial charge < -0.3 is 24.5 Å². The molecular formula is C27H32F3N3O4. The molecule has 2 N–H and O–H groups in total. The van der Waals surface area contributed by atoms with Gasteiger partial charge in [0.05, 0.1) is 24.6 Å². The molecule has 1 saturated carbocycles. The first-order valence-corrected chi connectivity index (χ1v) is 12.4. The van der Waals surface area contributed by atoms with Gasteiger partial charge in [0.25, 0.3) is 0 Å². The van der Waals surface area contributed by atoms with Crippen LogP contribution in [0.2, 0.25) is 0 Å². The maximum atomic E-state index is 12.6. The lowest BCUT2D eigenvalue weighted by Crippen LogP contribution is -2.30. The van der Waals surface area contributed by atoms with E-state index in [9.17, 15) is 23.1 Å². The van der Waals surface area contributed by atoms with Crippen LogP contribution in [0.1, 0.15) is 51.6 Å². The van der Waals surface area contributed by atoms with Crippen LogP contribution in [-0.2, 0) is 11.2 Å². The van der Waals surface area contributed by atoms with Crippen molar-refractivity contribution in [1.29, 1.82) is 0 Å². The van der Waals surface area contributed by atoms with Crippen molar-refractivity contribution in [1.82, 2.24) is 9.55 Å². The lowest BCUT2D eigenvalue weighted by Gasteiger charge is -2.39. The van der Waals surface area contributed by atoms with Crippen molar-refractivity contribution in [2.45, 2.75) is 58.9 Å². The fraction of sp³-hybridized carbons (Fsp3) is 0.481. The Morgan fingerprint density at radius 1 is 1.22 bits per heavy atom. The molecule has 0 spiro atoms. The number of ether oxygens (including phenoxy) is 2. The topological polar surface area (TPSA) is 85.6 Å². The molecule has 1 aliphatic carbocycles. The van der Waals surface area contributed by atoms with E-state index in [2.05, 4.69) is 35.4 Å². The van der Waals surface area contributed by atoms with E-state index in [1.165, 1.54) is 31.4 Å². The Morgan fingerprint density at radius 3 is 2.51 bits per heavy atom. The molecule has 0 unspecified atom stereocenters. The number of nitrogens with one attached hydrogen (secondary N) is 1. The summed E-state index contributed by atoms with van der Waals surface area (Å²) >= 11 is 0. The second-order valence-electron chi connectivity index (χ2n) is 10.1. The summed E-state index contributed by atoms with van der Waals surface area (Å²) in [5.74, 6) is 1.06. The maximum absolute atomic E-state index is 12.6. The molecule has 0 radical (unpaired) electrons. The van der Waals surface area contributed by atoms with E-state index in [0.29, 0.717) is 46.2 Å². The minimum atomic E-state index is -4.76. The van der Waals surface area contributed by atoms with Gasteiger partial charge in [0.15, 0.2) is 0 Å². The largest absolute Gasteiger partial charge is 0.573 e. The highest BCUT2D eigenvalue weighted by molar-refractivity contribution is 5.84. The molecule has 0 saturated heterocycles. The molecule has 3 atom stereocenters. The van der Waals surface area contributed by atoms with Crippen molar-refractivity contribution in [3.05, 3.63) is 42.0 Å². The van der Waals surface area contributed by atoms with Gasteiger partial charge >= 0.3 is 12.3 Å². The summed E-state index contributed by atoms with van der Waals surface area (Å²) in [6.07, 6.45) is -1.81. The molecule has 1 aromatic heterocycles. The second-order valence-corrected chi connectivity index (χ2v) is 10.1. The number of benzene rings is 2. The summed E-state index contributed by atoms with van der Waals surface area (Å²) in [6.45, 7) is 6.66. The van der Waals surface area contributed by atoms with Gasteiger partial charge in [0, 0.05) is 23.4 Å². The van der Waals surface area contributed by atoms with Crippen molar-refractivity contribution in [2.75, 3.05) is 12.4 Å². The number of hydrogen-bond donors (Lipinski definition) is 2. The molecule has 0 amide bonds. The molecule has 1 heterocycles. The molecule has 4 rings (SSSR count). The number of halogens is 3. The zero-order chi connectivity index (χ0) is 26.9. The van der Waals surface area contributed by atoms with Crippen molar-refractivity contribution < 1.29 is 32.5 Å². The highest BCUT2D eigenvalue weighted by Gasteiger charge is 2.35. The Morgan fingerprint density at radius 2 is 1.92 bits per heavy atom. The fourth-order valence-corrected chi connectivity index (χ4v) is 5.40. The summed E-state index contributed by atoms with van der Waals surface area (Å²) in [5.41, 5.74) is 2.51. The summed E-state index contributed by atoms with van der Waals surface area (Å²) in [4.78, 5) is 16.2. The highest BCUT2D eigenvalue weighted by atomic mass is 19.4. The van der Waals surface area contributed by atoms with Crippen LogP contribution < -0.4 is 14.8 Å². The third kappa shape index (κ3) is 6.11. The van der Waals surface area contributed by atoms with Crippen LogP contribution in [-0.4, -0.2) is 34.1 Å². The molecule has 200 valence electrons. The number of aliphatic carboxylic acids is 1. The van der Waals surface area contributed by atoms with E-state index >= 15 is 0 Å². The normalized spacial score (nSPS) is 20.3. The highest BCUT2D eigenvalue weighted by Crippen LogP contribution is 2.45. The van der Waals surface area contributed by atoms with Gasteiger partial charge in [-0.2, -0.15) is 0 Å². The third-order valence-corrected chi connectivity index (χ3v) is 7.10. The molecule has 7 nitrogen and oxygen atoms in total. The average Bonchev–Trinajstić information content (AvgIpc) is 3.14.